The van der Waals surface area contributed by atoms with Gasteiger partial charge in [0, 0.05) is 23.6 Å². The van der Waals surface area contributed by atoms with Crippen LogP contribution in [0.25, 0.3) is 0 Å². The summed E-state index contributed by atoms with van der Waals surface area (Å²) in [4.78, 5) is 25.2. The zero-order valence-corrected chi connectivity index (χ0v) is 14.9. The predicted molar refractivity (Wildman–Crippen MR) is 93.5 cm³/mol. The van der Waals surface area contributed by atoms with Crippen molar-refractivity contribution in [3.05, 3.63) is 57.0 Å². The number of ether oxygens (including phenoxy) is 1. The van der Waals surface area contributed by atoms with Crippen molar-refractivity contribution in [3.63, 3.8) is 0 Å². The van der Waals surface area contributed by atoms with Crippen LogP contribution >= 0.6 is 0 Å². The number of nitrogens with one attached hydrogen (secondary N) is 2. The summed E-state index contributed by atoms with van der Waals surface area (Å²) >= 11 is 0. The van der Waals surface area contributed by atoms with Gasteiger partial charge in [0.15, 0.2) is 0 Å². The second-order valence-electron chi connectivity index (χ2n) is 7.36. The SMILES string of the molecule is Cc1ccc([C@@H]2c3c([nH][nH]c3=O)C[C@](C)(O)[C@@H]2C(=O)OC(C)C)cc1. The summed E-state index contributed by atoms with van der Waals surface area (Å²) in [6, 6.07) is 7.66. The fourth-order valence-electron chi connectivity index (χ4n) is 3.69. The van der Waals surface area contributed by atoms with Crippen LogP contribution in [-0.2, 0) is 16.0 Å². The Morgan fingerprint density at radius 1 is 1.28 bits per heavy atom. The van der Waals surface area contributed by atoms with Crippen molar-refractivity contribution >= 4 is 5.97 Å². The Morgan fingerprint density at radius 3 is 2.52 bits per heavy atom. The molecule has 0 fully saturated rings. The molecule has 0 unspecified atom stereocenters. The van der Waals surface area contributed by atoms with E-state index >= 15 is 0 Å². The van der Waals surface area contributed by atoms with Gasteiger partial charge >= 0.3 is 5.97 Å². The van der Waals surface area contributed by atoms with E-state index in [1.165, 1.54) is 0 Å². The topological polar surface area (TPSA) is 95.2 Å². The van der Waals surface area contributed by atoms with Gasteiger partial charge in [0.05, 0.1) is 17.6 Å². The molecule has 0 spiro atoms. The number of carbonyl (C=O) groups is 1. The summed E-state index contributed by atoms with van der Waals surface area (Å²) in [5, 5.41) is 16.5. The average Bonchev–Trinajstić information content (AvgIpc) is 2.85. The number of aryl methyl sites for hydroxylation is 1. The number of hydrogen-bond donors (Lipinski definition) is 3. The first kappa shape index (κ1) is 17.5. The van der Waals surface area contributed by atoms with Crippen LogP contribution in [0.3, 0.4) is 0 Å². The highest BCUT2D eigenvalue weighted by Crippen LogP contribution is 2.44. The van der Waals surface area contributed by atoms with Gasteiger partial charge in [-0.3, -0.25) is 14.7 Å². The molecule has 1 aromatic heterocycles. The molecule has 0 radical (unpaired) electrons. The van der Waals surface area contributed by atoms with Crippen molar-refractivity contribution < 1.29 is 14.6 Å². The molecule has 134 valence electrons. The fourth-order valence-corrected chi connectivity index (χ4v) is 3.69. The second-order valence-corrected chi connectivity index (χ2v) is 7.36. The molecule has 25 heavy (non-hydrogen) atoms. The maximum Gasteiger partial charge on any atom is 0.313 e. The van der Waals surface area contributed by atoms with Crippen molar-refractivity contribution in [1.82, 2.24) is 10.2 Å². The van der Waals surface area contributed by atoms with Crippen LogP contribution in [0.4, 0.5) is 0 Å². The van der Waals surface area contributed by atoms with Gasteiger partial charge in [0.2, 0.25) is 0 Å². The van der Waals surface area contributed by atoms with Crippen LogP contribution in [0.1, 0.15) is 49.1 Å². The van der Waals surface area contributed by atoms with Crippen LogP contribution in [0.15, 0.2) is 29.1 Å². The van der Waals surface area contributed by atoms with E-state index in [4.69, 9.17) is 4.74 Å². The summed E-state index contributed by atoms with van der Waals surface area (Å²) < 4.78 is 5.41. The minimum atomic E-state index is -1.33. The average molecular weight is 344 g/mol. The molecule has 3 N–H and O–H groups in total. The van der Waals surface area contributed by atoms with E-state index in [1.807, 2.05) is 31.2 Å². The number of fused-ring (bicyclic) bond motifs is 1. The van der Waals surface area contributed by atoms with Crippen molar-refractivity contribution in [2.75, 3.05) is 0 Å². The van der Waals surface area contributed by atoms with Crippen molar-refractivity contribution in [1.29, 1.82) is 0 Å². The Kier molecular flexibility index (Phi) is 4.33. The van der Waals surface area contributed by atoms with Gasteiger partial charge in [-0.05, 0) is 33.3 Å². The van der Waals surface area contributed by atoms with Crippen LogP contribution < -0.4 is 5.56 Å². The van der Waals surface area contributed by atoms with Gasteiger partial charge < -0.3 is 14.9 Å². The van der Waals surface area contributed by atoms with Gasteiger partial charge in [-0.25, -0.2) is 0 Å². The molecule has 1 heterocycles. The fraction of sp³-hybridized carbons (Fsp3) is 0.474. The summed E-state index contributed by atoms with van der Waals surface area (Å²) in [6.07, 6.45) is -0.116. The van der Waals surface area contributed by atoms with Crippen LogP contribution in [0.2, 0.25) is 0 Å². The van der Waals surface area contributed by atoms with Gasteiger partial charge in [-0.2, -0.15) is 0 Å². The molecule has 0 aliphatic heterocycles. The van der Waals surface area contributed by atoms with Crippen molar-refractivity contribution in [2.45, 2.75) is 51.7 Å². The largest absolute Gasteiger partial charge is 0.463 e. The van der Waals surface area contributed by atoms with E-state index in [-0.39, 0.29) is 18.1 Å². The lowest BCUT2D eigenvalue weighted by Gasteiger charge is -2.40. The van der Waals surface area contributed by atoms with Crippen molar-refractivity contribution in [2.24, 2.45) is 5.92 Å². The number of benzene rings is 1. The Balaban J connectivity index is 2.18. The maximum absolute atomic E-state index is 12.8. The first-order chi connectivity index (χ1) is 11.7. The van der Waals surface area contributed by atoms with Crippen LogP contribution in [0, 0.1) is 12.8 Å². The molecule has 6 nitrogen and oxygen atoms in total. The quantitative estimate of drug-likeness (QED) is 0.742. The third-order valence-corrected chi connectivity index (χ3v) is 4.79. The number of esters is 1. The maximum atomic E-state index is 12.8. The van der Waals surface area contributed by atoms with Gasteiger partial charge in [-0.15, -0.1) is 0 Å². The monoisotopic (exact) mass is 344 g/mol. The minimum absolute atomic E-state index is 0.182. The molecule has 3 rings (SSSR count). The Morgan fingerprint density at radius 2 is 1.92 bits per heavy atom. The first-order valence-electron chi connectivity index (χ1n) is 8.49. The molecular weight excluding hydrogens is 320 g/mol. The summed E-state index contributed by atoms with van der Waals surface area (Å²) in [5.74, 6) is -1.92. The van der Waals surface area contributed by atoms with Crippen LogP contribution in [-0.4, -0.2) is 33.0 Å². The number of rotatable bonds is 3. The number of aliphatic hydroxyl groups is 1. The Labute approximate surface area is 146 Å². The molecule has 3 atom stereocenters. The highest BCUT2D eigenvalue weighted by molar-refractivity contribution is 5.77. The lowest BCUT2D eigenvalue weighted by atomic mass is 9.66. The zero-order valence-electron chi connectivity index (χ0n) is 14.9. The van der Waals surface area contributed by atoms with E-state index in [1.54, 1.807) is 20.8 Å². The highest BCUT2D eigenvalue weighted by atomic mass is 16.5. The molecule has 0 amide bonds. The second kappa shape index (κ2) is 6.19. The van der Waals surface area contributed by atoms with Gasteiger partial charge in [-0.1, -0.05) is 29.8 Å². The number of aromatic nitrogens is 2. The van der Waals surface area contributed by atoms with Gasteiger partial charge in [0.25, 0.3) is 5.56 Å². The van der Waals surface area contributed by atoms with Crippen LogP contribution in [0.5, 0.6) is 0 Å². The molecule has 1 aliphatic rings. The third kappa shape index (κ3) is 3.14. The molecular formula is C19H24N2O4. The minimum Gasteiger partial charge on any atom is -0.463 e. The molecule has 0 bridgehead atoms. The lowest BCUT2D eigenvalue weighted by Crippen LogP contribution is -2.50. The smallest absolute Gasteiger partial charge is 0.313 e. The number of H-pyrrole nitrogens is 2. The summed E-state index contributed by atoms with van der Waals surface area (Å²) in [6.45, 7) is 7.13. The molecule has 2 aromatic rings. The first-order valence-corrected chi connectivity index (χ1v) is 8.49. The van der Waals surface area contributed by atoms with E-state index in [9.17, 15) is 14.7 Å². The number of hydrogen-bond acceptors (Lipinski definition) is 4. The van der Waals surface area contributed by atoms with E-state index < -0.39 is 23.4 Å². The normalized spacial score (nSPS) is 25.7. The Bertz CT molecular complexity index is 830. The molecule has 0 saturated heterocycles. The predicted octanol–water partition coefficient (Wildman–Crippen LogP) is 2.02. The number of aromatic amines is 2. The zero-order chi connectivity index (χ0) is 18.4. The van der Waals surface area contributed by atoms with E-state index in [2.05, 4.69) is 10.2 Å². The van der Waals surface area contributed by atoms with Gasteiger partial charge in [0.1, 0.15) is 0 Å². The van der Waals surface area contributed by atoms with E-state index in [0.29, 0.717) is 11.3 Å². The molecule has 0 saturated carbocycles. The molecule has 6 heteroatoms. The third-order valence-electron chi connectivity index (χ3n) is 4.79. The van der Waals surface area contributed by atoms with Crippen molar-refractivity contribution in [3.8, 4) is 0 Å². The Hall–Kier alpha value is -2.34. The lowest BCUT2D eigenvalue weighted by molar-refractivity contribution is -0.163. The number of carbonyl (C=O) groups excluding carboxylic acids is 1. The summed E-state index contributed by atoms with van der Waals surface area (Å²) in [7, 11) is 0. The molecule has 1 aromatic carbocycles. The standard InChI is InChI=1S/C19H24N2O4/c1-10(2)25-18(23)16-14(12-7-5-11(3)6-8-12)15-13(9-19(16,4)24)20-21-17(15)22/h5-8,10,14,16,24H,9H2,1-4H3,(H2,20,21,22)/t14-,16+,19+/m1/s1. The highest BCUT2D eigenvalue weighted by Gasteiger charge is 2.51. The summed E-state index contributed by atoms with van der Waals surface area (Å²) in [5.41, 5.74) is 1.42. The molecule has 1 aliphatic carbocycles. The van der Waals surface area contributed by atoms with E-state index in [0.717, 1.165) is 11.1 Å².